The zero-order valence-electron chi connectivity index (χ0n) is 19.7. The first kappa shape index (κ1) is 25.1. The van der Waals surface area contributed by atoms with Crippen LogP contribution in [-0.4, -0.2) is 75.0 Å². The lowest BCUT2D eigenvalue weighted by molar-refractivity contribution is 0.150. The second-order valence-electron chi connectivity index (χ2n) is 9.01. The van der Waals surface area contributed by atoms with E-state index in [1.54, 1.807) is 13.3 Å². The largest absolute Gasteiger partial charge is 0.383 e. The van der Waals surface area contributed by atoms with Crippen LogP contribution >= 0.6 is 11.6 Å². The number of hydrogen-bond acceptors (Lipinski definition) is 8. The van der Waals surface area contributed by atoms with Crippen LogP contribution in [0.2, 0.25) is 5.02 Å². The van der Waals surface area contributed by atoms with Gasteiger partial charge in [0.2, 0.25) is 16.0 Å². The number of hydrogen-bond donors (Lipinski definition) is 3. The molecular weight excluding hydrogens is 476 g/mol. The lowest BCUT2D eigenvalue weighted by atomic mass is 10.0. The summed E-state index contributed by atoms with van der Waals surface area (Å²) in [4.78, 5) is 11.3. The molecule has 3 N–H and O–H groups in total. The average Bonchev–Trinajstić information content (AvgIpc) is 3.10. The fourth-order valence-corrected chi connectivity index (χ4v) is 5.65. The maximum absolute atomic E-state index is 11.7. The van der Waals surface area contributed by atoms with Crippen molar-refractivity contribution >= 4 is 39.1 Å². The number of ether oxygens (including phenoxy) is 1. The average molecular weight is 509 g/mol. The Hall–Kier alpha value is -1.98. The molecule has 0 spiro atoms. The van der Waals surface area contributed by atoms with Gasteiger partial charge in [-0.3, -0.25) is 0 Å². The fraction of sp³-hybridized carbons (Fsp3) is 0.565. The number of rotatable bonds is 9. The van der Waals surface area contributed by atoms with Crippen molar-refractivity contribution in [3.05, 3.63) is 40.5 Å². The van der Waals surface area contributed by atoms with Crippen molar-refractivity contribution in [2.24, 2.45) is 0 Å². The summed E-state index contributed by atoms with van der Waals surface area (Å²) in [6.45, 7) is 3.75. The number of methoxy groups -OCH3 is 1. The molecule has 1 aromatic heterocycles. The number of anilines is 3. The van der Waals surface area contributed by atoms with Gasteiger partial charge in [0.15, 0.2) is 5.82 Å². The van der Waals surface area contributed by atoms with E-state index in [2.05, 4.69) is 48.4 Å². The van der Waals surface area contributed by atoms with Crippen LogP contribution in [0.1, 0.15) is 30.4 Å². The topological polar surface area (TPSA) is 108 Å². The van der Waals surface area contributed by atoms with E-state index in [1.165, 1.54) is 17.4 Å². The van der Waals surface area contributed by atoms with Gasteiger partial charge < -0.3 is 20.3 Å². The van der Waals surface area contributed by atoms with Crippen LogP contribution in [0, 0.1) is 0 Å². The van der Waals surface area contributed by atoms with Crippen LogP contribution in [0.5, 0.6) is 0 Å². The minimum absolute atomic E-state index is 0.0801. The van der Waals surface area contributed by atoms with Gasteiger partial charge in [0.1, 0.15) is 5.02 Å². The van der Waals surface area contributed by atoms with Crippen molar-refractivity contribution in [3.63, 3.8) is 0 Å². The van der Waals surface area contributed by atoms with Gasteiger partial charge in [-0.2, -0.15) is 4.98 Å². The highest BCUT2D eigenvalue weighted by Crippen LogP contribution is 2.28. The van der Waals surface area contributed by atoms with Crippen LogP contribution in [-0.2, 0) is 27.6 Å². The molecule has 1 aromatic carbocycles. The summed E-state index contributed by atoms with van der Waals surface area (Å²) in [5.41, 5.74) is 3.63. The summed E-state index contributed by atoms with van der Waals surface area (Å²) in [6.07, 6.45) is 7.29. The SMILES string of the molecule is COCCN1CCc2ccc(Nc3ncc(Cl)c(N[C@H]4CCC[C@@H]4NS(C)(=O)=O)n3)cc2CC1. The highest BCUT2D eigenvalue weighted by atomic mass is 35.5. The summed E-state index contributed by atoms with van der Waals surface area (Å²) in [7, 11) is -1.55. The molecule has 0 radical (unpaired) electrons. The summed E-state index contributed by atoms with van der Waals surface area (Å²) >= 11 is 6.35. The maximum atomic E-state index is 11.7. The van der Waals surface area contributed by atoms with E-state index in [0.717, 1.165) is 64.0 Å². The number of aromatic nitrogens is 2. The zero-order valence-corrected chi connectivity index (χ0v) is 21.3. The minimum Gasteiger partial charge on any atom is -0.383 e. The number of nitrogens with one attached hydrogen (secondary N) is 3. The number of nitrogens with zero attached hydrogens (tertiary/aromatic N) is 3. The third-order valence-corrected chi connectivity index (χ3v) is 7.42. The van der Waals surface area contributed by atoms with Crippen LogP contribution < -0.4 is 15.4 Å². The van der Waals surface area contributed by atoms with Crippen molar-refractivity contribution < 1.29 is 13.2 Å². The van der Waals surface area contributed by atoms with E-state index in [4.69, 9.17) is 16.3 Å². The normalized spacial score (nSPS) is 21.1. The molecule has 0 saturated heterocycles. The Labute approximate surface area is 206 Å². The molecule has 0 bridgehead atoms. The summed E-state index contributed by atoms with van der Waals surface area (Å²) in [5.74, 6) is 0.933. The predicted molar refractivity (Wildman–Crippen MR) is 136 cm³/mol. The molecule has 9 nitrogen and oxygen atoms in total. The van der Waals surface area contributed by atoms with E-state index >= 15 is 0 Å². The first-order valence-corrected chi connectivity index (χ1v) is 13.9. The van der Waals surface area contributed by atoms with E-state index in [9.17, 15) is 8.42 Å². The molecular formula is C23H33ClN6O3S. The van der Waals surface area contributed by atoms with Gasteiger partial charge in [0.25, 0.3) is 0 Å². The van der Waals surface area contributed by atoms with E-state index in [1.807, 2.05) is 0 Å². The quantitative estimate of drug-likeness (QED) is 0.474. The lowest BCUT2D eigenvalue weighted by Crippen LogP contribution is -2.43. The number of benzene rings is 1. The van der Waals surface area contributed by atoms with E-state index in [-0.39, 0.29) is 12.1 Å². The van der Waals surface area contributed by atoms with E-state index < -0.39 is 10.0 Å². The summed E-state index contributed by atoms with van der Waals surface area (Å²) in [6, 6.07) is 6.13. The monoisotopic (exact) mass is 508 g/mol. The lowest BCUT2D eigenvalue weighted by Gasteiger charge is -2.22. The Balaban J connectivity index is 1.43. The van der Waals surface area contributed by atoms with Crippen molar-refractivity contribution in [2.75, 3.05) is 50.2 Å². The first-order chi connectivity index (χ1) is 16.3. The molecule has 2 aromatic rings. The van der Waals surface area contributed by atoms with Gasteiger partial charge in [-0.1, -0.05) is 17.7 Å². The molecule has 2 atom stereocenters. The number of fused-ring (bicyclic) bond motifs is 1. The zero-order chi connectivity index (χ0) is 24.1. The Morgan fingerprint density at radius 3 is 2.71 bits per heavy atom. The first-order valence-electron chi connectivity index (χ1n) is 11.7. The Kier molecular flexibility index (Phi) is 8.26. The summed E-state index contributed by atoms with van der Waals surface area (Å²) in [5, 5.41) is 7.01. The van der Waals surface area contributed by atoms with Gasteiger partial charge in [0.05, 0.1) is 19.1 Å². The van der Waals surface area contributed by atoms with Crippen molar-refractivity contribution in [1.29, 1.82) is 0 Å². The maximum Gasteiger partial charge on any atom is 0.229 e. The molecule has 0 unspecified atom stereocenters. The number of sulfonamides is 1. The summed E-state index contributed by atoms with van der Waals surface area (Å²) < 4.78 is 31.3. The predicted octanol–water partition coefficient (Wildman–Crippen LogP) is 2.80. The molecule has 2 aliphatic rings. The Bertz CT molecular complexity index is 1100. The molecule has 1 aliphatic heterocycles. The van der Waals surface area contributed by atoms with Gasteiger partial charge in [0, 0.05) is 44.5 Å². The van der Waals surface area contributed by atoms with Crippen LogP contribution in [0.25, 0.3) is 0 Å². The molecule has 34 heavy (non-hydrogen) atoms. The Morgan fingerprint density at radius 2 is 1.94 bits per heavy atom. The third-order valence-electron chi connectivity index (χ3n) is 6.42. The standard InChI is InChI=1S/C23H33ClN6O3S/c1-33-13-12-30-10-8-16-6-7-18(14-17(16)9-11-30)26-23-25-15-19(24)22(28-23)27-20-4-3-5-21(20)29-34(2,31)32/h6-7,14-15,20-21,29H,3-5,8-13H2,1-2H3,(H2,25,26,27,28)/t20-,21-/m0/s1. The van der Waals surface area contributed by atoms with Gasteiger partial charge in [-0.05, 0) is 55.4 Å². The fourth-order valence-electron chi connectivity index (χ4n) is 4.68. The van der Waals surface area contributed by atoms with Gasteiger partial charge in [-0.15, -0.1) is 0 Å². The second kappa shape index (κ2) is 11.2. The van der Waals surface area contributed by atoms with Crippen molar-refractivity contribution in [1.82, 2.24) is 19.6 Å². The molecule has 186 valence electrons. The highest BCUT2D eigenvalue weighted by molar-refractivity contribution is 7.88. The molecule has 1 fully saturated rings. The van der Waals surface area contributed by atoms with Crippen molar-refractivity contribution in [3.8, 4) is 0 Å². The highest BCUT2D eigenvalue weighted by Gasteiger charge is 2.30. The van der Waals surface area contributed by atoms with Crippen molar-refractivity contribution in [2.45, 2.75) is 44.2 Å². The van der Waals surface area contributed by atoms with Crippen LogP contribution in [0.4, 0.5) is 17.5 Å². The molecule has 1 saturated carbocycles. The van der Waals surface area contributed by atoms with E-state index in [0.29, 0.717) is 16.8 Å². The van der Waals surface area contributed by atoms with Gasteiger partial charge in [-0.25, -0.2) is 18.1 Å². The smallest absolute Gasteiger partial charge is 0.229 e. The second-order valence-corrected chi connectivity index (χ2v) is 11.2. The van der Waals surface area contributed by atoms with Crippen LogP contribution in [0.15, 0.2) is 24.4 Å². The third kappa shape index (κ3) is 6.79. The molecule has 4 rings (SSSR count). The molecule has 11 heteroatoms. The van der Waals surface area contributed by atoms with Gasteiger partial charge >= 0.3 is 0 Å². The molecule has 0 amide bonds. The molecule has 1 aliphatic carbocycles. The minimum atomic E-state index is -3.29. The molecule has 2 heterocycles. The van der Waals surface area contributed by atoms with Crippen LogP contribution in [0.3, 0.4) is 0 Å². The Morgan fingerprint density at radius 1 is 1.18 bits per heavy atom. The number of halogens is 1.